The first kappa shape index (κ1) is 52.4. The highest BCUT2D eigenvalue weighted by Crippen LogP contribution is 2.35. The van der Waals surface area contributed by atoms with E-state index in [1.165, 1.54) is 22.3 Å². The number of hydrogen-bond donors (Lipinski definition) is 2. The Morgan fingerprint density at radius 3 is 1.37 bits per heavy atom. The number of aromatic hydroxyl groups is 2. The van der Waals surface area contributed by atoms with E-state index in [-0.39, 0.29) is 16.9 Å². The fraction of sp³-hybridized carbons (Fsp3) is 0.434. The molecule has 1 unspecified atom stereocenters. The van der Waals surface area contributed by atoms with Gasteiger partial charge in [0.15, 0.2) is 0 Å². The van der Waals surface area contributed by atoms with Crippen LogP contribution in [0.25, 0.3) is 0 Å². The molecule has 10 nitrogen and oxygen atoms in total. The van der Waals surface area contributed by atoms with E-state index in [0.29, 0.717) is 58.8 Å². The molecule has 5 rings (SSSR count). The van der Waals surface area contributed by atoms with Gasteiger partial charge < -0.3 is 48.1 Å². The normalized spacial score (nSPS) is 11.5. The SMILES string of the molecule is CCc1cc(COC)c(O)c(COC)c1.COCc1cc(Cc2ccccc2)cc(COC)c1OCCOc1ccc(C(C)C(C)(C)C)cc1.COCc1cccc(COC)c1O. The van der Waals surface area contributed by atoms with E-state index in [4.69, 9.17) is 37.9 Å². The minimum absolute atomic E-state index is 0.229. The van der Waals surface area contributed by atoms with Crippen LogP contribution < -0.4 is 9.47 Å². The number of ether oxygens (including phenoxy) is 8. The van der Waals surface area contributed by atoms with Gasteiger partial charge in [0, 0.05) is 76.0 Å². The highest BCUT2D eigenvalue weighted by atomic mass is 16.5. The summed E-state index contributed by atoms with van der Waals surface area (Å²) in [5, 5.41) is 19.6. The second kappa shape index (κ2) is 28.0. The fourth-order valence-electron chi connectivity index (χ4n) is 6.88. The van der Waals surface area contributed by atoms with Gasteiger partial charge in [-0.25, -0.2) is 0 Å². The van der Waals surface area contributed by atoms with Crippen molar-refractivity contribution in [1.29, 1.82) is 0 Å². The molecule has 5 aromatic carbocycles. The molecule has 2 N–H and O–H groups in total. The van der Waals surface area contributed by atoms with Crippen LogP contribution in [0.5, 0.6) is 23.0 Å². The van der Waals surface area contributed by atoms with Gasteiger partial charge in [0.2, 0.25) is 0 Å². The average molecular weight is 869 g/mol. The van der Waals surface area contributed by atoms with Crippen LogP contribution in [0, 0.1) is 5.41 Å². The summed E-state index contributed by atoms with van der Waals surface area (Å²) >= 11 is 0. The smallest absolute Gasteiger partial charge is 0.130 e. The molecule has 0 saturated carbocycles. The minimum atomic E-state index is 0.229. The Morgan fingerprint density at radius 2 is 0.905 bits per heavy atom. The van der Waals surface area contributed by atoms with Crippen molar-refractivity contribution < 1.29 is 48.1 Å². The molecular weight excluding hydrogens is 797 g/mol. The van der Waals surface area contributed by atoms with E-state index in [1.807, 2.05) is 48.5 Å². The molecule has 0 radical (unpaired) electrons. The van der Waals surface area contributed by atoms with Gasteiger partial charge in [-0.05, 0) is 82.8 Å². The zero-order chi connectivity index (χ0) is 46.2. The molecule has 0 bridgehead atoms. The molecule has 0 heterocycles. The predicted octanol–water partition coefficient (Wildman–Crippen LogP) is 11.1. The lowest BCUT2D eigenvalue weighted by Crippen LogP contribution is -2.15. The average Bonchev–Trinajstić information content (AvgIpc) is 3.27. The summed E-state index contributed by atoms with van der Waals surface area (Å²) in [5.41, 5.74) is 10.5. The molecule has 1 atom stereocenters. The molecule has 0 aliphatic carbocycles. The molecule has 0 aliphatic rings. The Labute approximate surface area is 377 Å². The zero-order valence-electron chi connectivity index (χ0n) is 39.5. The van der Waals surface area contributed by atoms with Crippen LogP contribution in [0.2, 0.25) is 0 Å². The van der Waals surface area contributed by atoms with Crippen molar-refractivity contribution in [2.75, 3.05) is 55.9 Å². The first-order valence-corrected chi connectivity index (χ1v) is 21.4. The summed E-state index contributed by atoms with van der Waals surface area (Å²) in [6.45, 7) is 14.7. The first-order valence-electron chi connectivity index (χ1n) is 21.4. The molecular formula is C53H72O10. The number of para-hydroxylation sites is 1. The van der Waals surface area contributed by atoms with E-state index in [2.05, 4.69) is 83.1 Å². The number of methoxy groups -OCH3 is 6. The third-order valence-electron chi connectivity index (χ3n) is 10.6. The van der Waals surface area contributed by atoms with Crippen LogP contribution in [0.1, 0.15) is 96.2 Å². The maximum absolute atomic E-state index is 9.91. The van der Waals surface area contributed by atoms with Gasteiger partial charge >= 0.3 is 0 Å². The first-order chi connectivity index (χ1) is 30.3. The maximum Gasteiger partial charge on any atom is 0.130 e. The van der Waals surface area contributed by atoms with E-state index < -0.39 is 0 Å². The molecule has 0 fully saturated rings. The summed E-state index contributed by atoms with van der Waals surface area (Å²) < 4.78 is 43.1. The third kappa shape index (κ3) is 17.3. The highest BCUT2D eigenvalue weighted by molar-refractivity contribution is 5.46. The van der Waals surface area contributed by atoms with Crippen molar-refractivity contribution in [2.24, 2.45) is 5.41 Å². The predicted molar refractivity (Wildman–Crippen MR) is 251 cm³/mol. The molecule has 5 aromatic rings. The Hall–Kier alpha value is -4.94. The quantitative estimate of drug-likeness (QED) is 0.0691. The van der Waals surface area contributed by atoms with Gasteiger partial charge in [-0.1, -0.05) is 95.3 Å². The topological polar surface area (TPSA) is 114 Å². The monoisotopic (exact) mass is 869 g/mol. The van der Waals surface area contributed by atoms with E-state index in [9.17, 15) is 10.2 Å². The fourth-order valence-corrected chi connectivity index (χ4v) is 6.88. The van der Waals surface area contributed by atoms with Crippen LogP contribution >= 0.6 is 0 Å². The molecule has 0 aliphatic heterocycles. The lowest BCUT2D eigenvalue weighted by molar-refractivity contribution is 0.164. The van der Waals surface area contributed by atoms with Crippen LogP contribution in [0.15, 0.2) is 97.1 Å². The third-order valence-corrected chi connectivity index (χ3v) is 10.6. The van der Waals surface area contributed by atoms with E-state index in [0.717, 1.165) is 57.7 Å². The van der Waals surface area contributed by atoms with Gasteiger partial charge in [0.25, 0.3) is 0 Å². The van der Waals surface area contributed by atoms with Gasteiger partial charge in [0.05, 0.1) is 39.6 Å². The van der Waals surface area contributed by atoms with Crippen molar-refractivity contribution in [2.45, 2.75) is 93.0 Å². The number of benzene rings is 5. The van der Waals surface area contributed by atoms with Crippen molar-refractivity contribution in [3.8, 4) is 23.0 Å². The molecule has 0 aromatic heterocycles. The summed E-state index contributed by atoms with van der Waals surface area (Å²) in [6, 6.07) is 32.7. The van der Waals surface area contributed by atoms with E-state index >= 15 is 0 Å². The van der Waals surface area contributed by atoms with Gasteiger partial charge in [0.1, 0.15) is 36.2 Å². The van der Waals surface area contributed by atoms with Crippen LogP contribution in [-0.2, 0) is 80.9 Å². The number of phenols is 2. The van der Waals surface area contributed by atoms with E-state index in [1.54, 1.807) is 42.7 Å². The summed E-state index contributed by atoms with van der Waals surface area (Å²) in [4.78, 5) is 0. The van der Waals surface area contributed by atoms with Crippen LogP contribution in [0.3, 0.4) is 0 Å². The molecule has 10 heteroatoms. The highest BCUT2D eigenvalue weighted by Gasteiger charge is 2.21. The van der Waals surface area contributed by atoms with Crippen molar-refractivity contribution >= 4 is 0 Å². The molecule has 344 valence electrons. The molecule has 63 heavy (non-hydrogen) atoms. The largest absolute Gasteiger partial charge is 0.507 e. The number of phenolic OH excluding ortho intramolecular Hbond substituents is 2. The Bertz CT molecular complexity index is 1960. The Kier molecular flexibility index (Phi) is 23.3. The lowest BCUT2D eigenvalue weighted by atomic mass is 9.78. The van der Waals surface area contributed by atoms with Crippen LogP contribution in [-0.4, -0.2) is 66.1 Å². The number of rotatable bonds is 21. The Morgan fingerprint density at radius 1 is 0.476 bits per heavy atom. The zero-order valence-corrected chi connectivity index (χ0v) is 39.5. The molecule has 0 amide bonds. The van der Waals surface area contributed by atoms with Gasteiger partial charge in [-0.15, -0.1) is 0 Å². The molecule has 0 saturated heterocycles. The second-order valence-electron chi connectivity index (χ2n) is 16.4. The van der Waals surface area contributed by atoms with Crippen molar-refractivity contribution in [3.05, 3.63) is 153 Å². The maximum atomic E-state index is 9.91. The molecule has 0 spiro atoms. The number of aryl methyl sites for hydroxylation is 1. The van der Waals surface area contributed by atoms with Gasteiger partial charge in [-0.3, -0.25) is 0 Å². The summed E-state index contributed by atoms with van der Waals surface area (Å²) in [7, 11) is 9.85. The van der Waals surface area contributed by atoms with Crippen LogP contribution in [0.4, 0.5) is 0 Å². The van der Waals surface area contributed by atoms with Crippen molar-refractivity contribution in [3.63, 3.8) is 0 Å². The summed E-state index contributed by atoms with van der Waals surface area (Å²) in [6.07, 6.45) is 1.79. The minimum Gasteiger partial charge on any atom is -0.507 e. The lowest BCUT2D eigenvalue weighted by Gasteiger charge is -2.27. The number of hydrogen-bond acceptors (Lipinski definition) is 10. The Balaban J connectivity index is 0.000000308. The summed E-state index contributed by atoms with van der Waals surface area (Å²) in [5.74, 6) is 2.71. The second-order valence-corrected chi connectivity index (χ2v) is 16.4. The van der Waals surface area contributed by atoms with Gasteiger partial charge in [-0.2, -0.15) is 0 Å². The standard InChI is InChI=1S/C31H40O4.C12H18O3.C10H14O3/c1-23(31(2,3)4)26-12-14-29(15-13-26)34-16-17-35-30-27(21-32-5)19-25(20-28(30)22-33-6)18-24-10-8-7-9-11-24;1-4-9-5-10(7-14-2)12(13)11(6-9)8-15-3;1-12-6-8-4-3-5-9(7-13-2)10(8)11/h7-15,19-20,23H,16-18,21-22H2,1-6H3;5-6,13H,4,7-8H2,1-3H3;3-5,11H,6-7H2,1-2H3. The van der Waals surface area contributed by atoms with Crippen molar-refractivity contribution in [1.82, 2.24) is 0 Å².